The topological polar surface area (TPSA) is 71.8 Å². The lowest BCUT2D eigenvalue weighted by molar-refractivity contribution is 0.0930. The monoisotopic (exact) mass is 377 g/mol. The van der Waals surface area contributed by atoms with Crippen LogP contribution in [0, 0.1) is 6.92 Å². The van der Waals surface area contributed by atoms with Crippen molar-refractivity contribution in [2.75, 3.05) is 13.1 Å². The summed E-state index contributed by atoms with van der Waals surface area (Å²) in [4.78, 5) is 12.7. The molecule has 0 aliphatic carbocycles. The van der Waals surface area contributed by atoms with E-state index >= 15 is 0 Å². The summed E-state index contributed by atoms with van der Waals surface area (Å²) in [5.74, 6) is -0.125. The highest BCUT2D eigenvalue weighted by Gasteiger charge is 2.24. The van der Waals surface area contributed by atoms with Crippen molar-refractivity contribution in [1.29, 1.82) is 0 Å². The molecule has 26 heavy (non-hydrogen) atoms. The molecule has 1 amide bonds. The van der Waals surface area contributed by atoms with Gasteiger partial charge < -0.3 is 10.6 Å². The van der Waals surface area contributed by atoms with Crippen LogP contribution in [-0.4, -0.2) is 40.0 Å². The minimum Gasteiger partial charge on any atom is -0.348 e. The Hall–Kier alpha value is -1.92. The Morgan fingerprint density at radius 3 is 2.65 bits per heavy atom. The highest BCUT2D eigenvalue weighted by molar-refractivity contribution is 5.93. The summed E-state index contributed by atoms with van der Waals surface area (Å²) in [7, 11) is 0. The maximum Gasteiger partial charge on any atom is 0.273 e. The number of carbonyl (C=O) groups excluding carboxylic acids is 1. The predicted octanol–water partition coefficient (Wildman–Crippen LogP) is 2.68. The maximum atomic E-state index is 12.7. The first-order chi connectivity index (χ1) is 12.2. The van der Waals surface area contributed by atoms with Gasteiger partial charge in [-0.2, -0.15) is 0 Å². The predicted molar refractivity (Wildman–Crippen MR) is 105 cm³/mol. The highest BCUT2D eigenvalue weighted by atomic mass is 35.5. The molecular weight excluding hydrogens is 350 g/mol. The Morgan fingerprint density at radius 2 is 2.00 bits per heavy atom. The molecular formula is C19H28ClN5O. The SMILES string of the molecule is CCC(Cc1ccccc1)NC(=O)c1nnn(C2CCNCC2)c1C.Cl. The molecule has 2 heterocycles. The van der Waals surface area contributed by atoms with Gasteiger partial charge in [-0.1, -0.05) is 42.5 Å². The molecule has 6 nitrogen and oxygen atoms in total. The third-order valence-electron chi connectivity index (χ3n) is 4.95. The number of nitrogens with one attached hydrogen (secondary N) is 2. The van der Waals surface area contributed by atoms with Crippen LogP contribution >= 0.6 is 12.4 Å². The molecule has 2 aromatic rings. The molecule has 0 saturated carbocycles. The van der Waals surface area contributed by atoms with Gasteiger partial charge in [-0.05, 0) is 51.3 Å². The molecule has 1 unspecified atom stereocenters. The van der Waals surface area contributed by atoms with Crippen LogP contribution in [0.3, 0.4) is 0 Å². The minimum absolute atomic E-state index is 0. The van der Waals surface area contributed by atoms with Gasteiger partial charge in [-0.15, -0.1) is 17.5 Å². The molecule has 1 saturated heterocycles. The van der Waals surface area contributed by atoms with E-state index in [1.165, 1.54) is 5.56 Å². The molecule has 1 aromatic carbocycles. The molecule has 0 radical (unpaired) electrons. The Balaban J connectivity index is 0.00000243. The lowest BCUT2D eigenvalue weighted by atomic mass is 10.0. The Kier molecular flexibility index (Phi) is 7.60. The Morgan fingerprint density at radius 1 is 1.31 bits per heavy atom. The van der Waals surface area contributed by atoms with E-state index in [4.69, 9.17) is 0 Å². The number of benzene rings is 1. The van der Waals surface area contributed by atoms with E-state index < -0.39 is 0 Å². The van der Waals surface area contributed by atoms with Gasteiger partial charge >= 0.3 is 0 Å². The molecule has 7 heteroatoms. The third kappa shape index (κ3) is 4.83. The van der Waals surface area contributed by atoms with Crippen molar-refractivity contribution in [3.8, 4) is 0 Å². The first-order valence-corrected chi connectivity index (χ1v) is 9.16. The average molecular weight is 378 g/mol. The van der Waals surface area contributed by atoms with Gasteiger partial charge in [0.1, 0.15) is 0 Å². The summed E-state index contributed by atoms with van der Waals surface area (Å²) >= 11 is 0. The normalized spacial score (nSPS) is 15.9. The molecule has 1 aliphatic rings. The smallest absolute Gasteiger partial charge is 0.273 e. The molecule has 2 N–H and O–H groups in total. The zero-order valence-corrected chi connectivity index (χ0v) is 16.3. The number of carbonyl (C=O) groups is 1. The Bertz CT molecular complexity index is 697. The molecule has 1 aliphatic heterocycles. The lowest BCUT2D eigenvalue weighted by Crippen LogP contribution is -2.36. The minimum atomic E-state index is -0.125. The maximum absolute atomic E-state index is 12.7. The number of piperidine rings is 1. The molecule has 1 aromatic heterocycles. The van der Waals surface area contributed by atoms with Crippen LogP contribution < -0.4 is 10.6 Å². The summed E-state index contributed by atoms with van der Waals surface area (Å²) in [6, 6.07) is 10.7. The number of rotatable bonds is 6. The zero-order chi connectivity index (χ0) is 17.6. The molecule has 1 fully saturated rings. The first kappa shape index (κ1) is 20.4. The Labute approximate surface area is 161 Å². The van der Waals surface area contributed by atoms with Gasteiger partial charge in [0.05, 0.1) is 11.7 Å². The molecule has 3 rings (SSSR count). The van der Waals surface area contributed by atoms with Crippen molar-refractivity contribution in [3.63, 3.8) is 0 Å². The van der Waals surface area contributed by atoms with E-state index in [1.54, 1.807) is 0 Å². The van der Waals surface area contributed by atoms with Gasteiger partial charge in [-0.25, -0.2) is 4.68 Å². The zero-order valence-electron chi connectivity index (χ0n) is 15.4. The number of amides is 1. The van der Waals surface area contributed by atoms with Crippen molar-refractivity contribution in [1.82, 2.24) is 25.6 Å². The quantitative estimate of drug-likeness (QED) is 0.811. The van der Waals surface area contributed by atoms with Crippen LogP contribution in [0.4, 0.5) is 0 Å². The van der Waals surface area contributed by atoms with Crippen molar-refractivity contribution in [3.05, 3.63) is 47.3 Å². The molecule has 1 atom stereocenters. The second-order valence-electron chi connectivity index (χ2n) is 6.72. The number of nitrogens with zero attached hydrogens (tertiary/aromatic N) is 3. The summed E-state index contributed by atoms with van der Waals surface area (Å²) in [5.41, 5.74) is 2.54. The third-order valence-corrected chi connectivity index (χ3v) is 4.95. The van der Waals surface area contributed by atoms with E-state index in [2.05, 4.69) is 40.0 Å². The van der Waals surface area contributed by atoms with Crippen molar-refractivity contribution < 1.29 is 4.79 Å². The van der Waals surface area contributed by atoms with E-state index in [0.717, 1.165) is 44.5 Å². The van der Waals surface area contributed by atoms with Gasteiger partial charge in [-0.3, -0.25) is 4.79 Å². The first-order valence-electron chi connectivity index (χ1n) is 9.16. The van der Waals surface area contributed by atoms with Crippen LogP contribution in [-0.2, 0) is 6.42 Å². The molecule has 142 valence electrons. The van der Waals surface area contributed by atoms with Crippen LogP contribution in [0.25, 0.3) is 0 Å². The standard InChI is InChI=1S/C19H27N5O.ClH/c1-3-16(13-15-7-5-4-6-8-15)21-19(25)18-14(2)24(23-22-18)17-9-11-20-12-10-17;/h4-8,16-17,20H,3,9-13H2,1-2H3,(H,21,25);1H. The fourth-order valence-corrected chi connectivity index (χ4v) is 3.40. The molecule has 0 bridgehead atoms. The largest absolute Gasteiger partial charge is 0.348 e. The fourth-order valence-electron chi connectivity index (χ4n) is 3.40. The number of hydrogen-bond acceptors (Lipinski definition) is 4. The van der Waals surface area contributed by atoms with Crippen LogP contribution in [0.5, 0.6) is 0 Å². The summed E-state index contributed by atoms with van der Waals surface area (Å²) in [6.07, 6.45) is 3.75. The number of aromatic nitrogens is 3. The lowest BCUT2D eigenvalue weighted by Gasteiger charge is -2.23. The second kappa shape index (κ2) is 9.69. The van der Waals surface area contributed by atoms with Crippen molar-refractivity contribution >= 4 is 18.3 Å². The van der Waals surface area contributed by atoms with Gasteiger partial charge in [0.15, 0.2) is 5.69 Å². The summed E-state index contributed by atoms with van der Waals surface area (Å²) < 4.78 is 1.92. The number of hydrogen-bond donors (Lipinski definition) is 2. The van der Waals surface area contributed by atoms with Gasteiger partial charge in [0, 0.05) is 6.04 Å². The number of halogens is 1. The molecule has 0 spiro atoms. The van der Waals surface area contributed by atoms with Gasteiger partial charge in [0.25, 0.3) is 5.91 Å². The van der Waals surface area contributed by atoms with Crippen molar-refractivity contribution in [2.24, 2.45) is 0 Å². The summed E-state index contributed by atoms with van der Waals surface area (Å²) in [6.45, 7) is 6.00. The van der Waals surface area contributed by atoms with E-state index in [-0.39, 0.29) is 24.4 Å². The highest BCUT2D eigenvalue weighted by Crippen LogP contribution is 2.20. The van der Waals surface area contributed by atoms with Crippen LogP contribution in [0.1, 0.15) is 54.0 Å². The average Bonchev–Trinajstić information content (AvgIpc) is 3.04. The second-order valence-corrected chi connectivity index (χ2v) is 6.72. The summed E-state index contributed by atoms with van der Waals surface area (Å²) in [5, 5.41) is 14.9. The van der Waals surface area contributed by atoms with E-state index in [1.807, 2.05) is 29.8 Å². The van der Waals surface area contributed by atoms with Gasteiger partial charge in [0.2, 0.25) is 0 Å². The van der Waals surface area contributed by atoms with E-state index in [9.17, 15) is 4.79 Å². The van der Waals surface area contributed by atoms with Crippen LogP contribution in [0.2, 0.25) is 0 Å². The van der Waals surface area contributed by atoms with Crippen molar-refractivity contribution in [2.45, 2.75) is 51.6 Å². The fraction of sp³-hybridized carbons (Fsp3) is 0.526. The van der Waals surface area contributed by atoms with E-state index in [0.29, 0.717) is 11.7 Å². The van der Waals surface area contributed by atoms with Crippen LogP contribution in [0.15, 0.2) is 30.3 Å².